The van der Waals surface area contributed by atoms with Crippen LogP contribution in [0.3, 0.4) is 0 Å². The van der Waals surface area contributed by atoms with Gasteiger partial charge in [-0.3, -0.25) is 14.5 Å². The van der Waals surface area contributed by atoms with Gasteiger partial charge >= 0.3 is 5.97 Å². The van der Waals surface area contributed by atoms with E-state index >= 15 is 0 Å². The van der Waals surface area contributed by atoms with E-state index in [2.05, 4.69) is 0 Å². The molecule has 1 aliphatic rings. The van der Waals surface area contributed by atoms with E-state index in [0.29, 0.717) is 39.0 Å². The molecule has 1 amide bonds. The molecule has 0 bridgehead atoms. The number of carboxylic acids is 1. The van der Waals surface area contributed by atoms with Crippen molar-refractivity contribution >= 4 is 18.2 Å². The number of ether oxygens (including phenoxy) is 1. The van der Waals surface area contributed by atoms with Gasteiger partial charge in [-0.15, -0.1) is 0 Å². The Balaban J connectivity index is 2.02. The minimum absolute atomic E-state index is 0.172. The molecule has 0 aliphatic carbocycles. The Morgan fingerprint density at radius 3 is 2.75 bits per heavy atom. The zero-order valence-corrected chi connectivity index (χ0v) is 16.1. The van der Waals surface area contributed by atoms with Gasteiger partial charge in [0.25, 0.3) is 0 Å². The van der Waals surface area contributed by atoms with Crippen molar-refractivity contribution < 1.29 is 28.6 Å². The van der Waals surface area contributed by atoms with E-state index in [9.17, 15) is 23.9 Å². The number of morpholine rings is 1. The molecule has 1 aliphatic heterocycles. The molecule has 0 spiro atoms. The van der Waals surface area contributed by atoms with Crippen molar-refractivity contribution in [1.82, 2.24) is 9.80 Å². The Morgan fingerprint density at radius 1 is 1.39 bits per heavy atom. The van der Waals surface area contributed by atoms with Crippen LogP contribution < -0.4 is 0 Å². The quantitative estimate of drug-likeness (QED) is 0.480. The molecule has 1 aromatic carbocycles. The third kappa shape index (κ3) is 6.69. The fraction of sp³-hybridized carbons (Fsp3) is 0.550. The van der Waals surface area contributed by atoms with Crippen LogP contribution >= 0.6 is 0 Å². The highest BCUT2D eigenvalue weighted by atomic mass is 19.1. The van der Waals surface area contributed by atoms with Crippen molar-refractivity contribution in [3.63, 3.8) is 0 Å². The number of benzene rings is 1. The monoisotopic (exact) mass is 394 g/mol. The Morgan fingerprint density at radius 2 is 2.11 bits per heavy atom. The van der Waals surface area contributed by atoms with Gasteiger partial charge in [0.2, 0.25) is 5.91 Å². The predicted octanol–water partition coefficient (Wildman–Crippen LogP) is 1.70. The second-order valence-corrected chi connectivity index (χ2v) is 6.96. The van der Waals surface area contributed by atoms with Gasteiger partial charge in [0.15, 0.2) is 0 Å². The highest BCUT2D eigenvalue weighted by Gasteiger charge is 2.32. The molecule has 1 saturated heterocycles. The second kappa shape index (κ2) is 10.9. The smallest absolute Gasteiger partial charge is 0.306 e. The van der Waals surface area contributed by atoms with Gasteiger partial charge in [-0.2, -0.15) is 0 Å². The standard InChI is InChI=1S/C20H27FN2O5/c1-22(19(25)4-2-3-10-24)18(13-20(26)27)23-9-11-28-17(14-23)12-15-5-7-16(21)8-6-15/h5-8,10,17-18H,2-4,9,11-14H2,1H3,(H,26,27)/t17?,18-/m1/s1. The van der Waals surface area contributed by atoms with Gasteiger partial charge in [0.05, 0.1) is 25.3 Å². The number of nitrogens with zero attached hydrogens (tertiary/aromatic N) is 2. The van der Waals surface area contributed by atoms with E-state index in [1.807, 2.05) is 4.90 Å². The second-order valence-electron chi connectivity index (χ2n) is 6.96. The van der Waals surface area contributed by atoms with Gasteiger partial charge in [-0.25, -0.2) is 4.39 Å². The zero-order valence-electron chi connectivity index (χ0n) is 16.1. The van der Waals surface area contributed by atoms with E-state index in [1.165, 1.54) is 17.0 Å². The van der Waals surface area contributed by atoms with Crippen molar-refractivity contribution in [3.8, 4) is 0 Å². The Bertz CT molecular complexity index is 667. The summed E-state index contributed by atoms with van der Waals surface area (Å²) in [5.41, 5.74) is 0.932. The number of carbonyl (C=O) groups is 3. The number of rotatable bonds is 10. The van der Waals surface area contributed by atoms with Gasteiger partial charge in [-0.1, -0.05) is 12.1 Å². The molecular weight excluding hydrogens is 367 g/mol. The van der Waals surface area contributed by atoms with E-state index in [1.54, 1.807) is 19.2 Å². The Labute approximate surface area is 164 Å². The largest absolute Gasteiger partial charge is 0.481 e. The maximum atomic E-state index is 13.1. The molecule has 154 valence electrons. The summed E-state index contributed by atoms with van der Waals surface area (Å²) in [6.07, 6.45) is 1.35. The van der Waals surface area contributed by atoms with Crippen LogP contribution in [-0.4, -0.2) is 72.1 Å². The van der Waals surface area contributed by atoms with Crippen LogP contribution in [-0.2, 0) is 25.5 Å². The zero-order chi connectivity index (χ0) is 20.5. The summed E-state index contributed by atoms with van der Waals surface area (Å²) in [6.45, 7) is 1.42. The SMILES string of the molecule is CN(C(=O)CCCC=O)[C@@H](CC(=O)O)N1CCOC(Cc2ccc(F)cc2)C1. The molecule has 1 heterocycles. The molecule has 1 unspecified atom stereocenters. The molecule has 0 aromatic heterocycles. The first-order valence-electron chi connectivity index (χ1n) is 9.42. The lowest BCUT2D eigenvalue weighted by Crippen LogP contribution is -2.56. The van der Waals surface area contributed by atoms with Crippen LogP contribution in [0, 0.1) is 5.82 Å². The number of halogens is 1. The predicted molar refractivity (Wildman–Crippen MR) is 100 cm³/mol. The molecular formula is C20H27FN2O5. The van der Waals surface area contributed by atoms with Gasteiger partial charge < -0.3 is 19.5 Å². The van der Waals surface area contributed by atoms with E-state index < -0.39 is 12.1 Å². The number of aldehydes is 1. The lowest BCUT2D eigenvalue weighted by atomic mass is 10.1. The highest BCUT2D eigenvalue weighted by Crippen LogP contribution is 2.18. The normalized spacial score (nSPS) is 18.4. The van der Waals surface area contributed by atoms with Gasteiger partial charge in [-0.05, 0) is 30.5 Å². The summed E-state index contributed by atoms with van der Waals surface area (Å²) in [7, 11) is 1.60. The van der Waals surface area contributed by atoms with Crippen LogP contribution in [0.4, 0.5) is 4.39 Å². The van der Waals surface area contributed by atoms with Crippen LogP contribution in [0.5, 0.6) is 0 Å². The fourth-order valence-corrected chi connectivity index (χ4v) is 3.37. The first-order valence-corrected chi connectivity index (χ1v) is 9.42. The summed E-state index contributed by atoms with van der Waals surface area (Å²) in [5, 5.41) is 9.31. The number of unbranched alkanes of at least 4 members (excludes halogenated alkanes) is 1. The van der Waals surface area contributed by atoms with E-state index in [-0.39, 0.29) is 30.7 Å². The van der Waals surface area contributed by atoms with Crippen molar-refractivity contribution in [2.45, 2.75) is 44.4 Å². The van der Waals surface area contributed by atoms with E-state index in [0.717, 1.165) is 11.8 Å². The average Bonchev–Trinajstić information content (AvgIpc) is 2.67. The van der Waals surface area contributed by atoms with Gasteiger partial charge in [0.1, 0.15) is 12.1 Å². The first-order chi connectivity index (χ1) is 13.4. The summed E-state index contributed by atoms with van der Waals surface area (Å²) in [5.74, 6) is -1.47. The molecule has 0 saturated carbocycles. The molecule has 8 heteroatoms. The highest BCUT2D eigenvalue weighted by molar-refractivity contribution is 5.77. The van der Waals surface area contributed by atoms with Crippen molar-refractivity contribution in [1.29, 1.82) is 0 Å². The van der Waals surface area contributed by atoms with Crippen molar-refractivity contribution in [2.75, 3.05) is 26.7 Å². The first kappa shape index (κ1) is 22.0. The third-order valence-electron chi connectivity index (χ3n) is 4.88. The lowest BCUT2D eigenvalue weighted by molar-refractivity contribution is -0.148. The van der Waals surface area contributed by atoms with Crippen molar-refractivity contribution in [3.05, 3.63) is 35.6 Å². The summed E-state index contributed by atoms with van der Waals surface area (Å²) in [4.78, 5) is 37.6. The van der Waals surface area contributed by atoms with E-state index in [4.69, 9.17) is 4.74 Å². The van der Waals surface area contributed by atoms with Crippen LogP contribution in [0.2, 0.25) is 0 Å². The van der Waals surface area contributed by atoms with Crippen LogP contribution in [0.1, 0.15) is 31.2 Å². The van der Waals surface area contributed by atoms with Crippen LogP contribution in [0.15, 0.2) is 24.3 Å². The molecule has 1 aromatic rings. The molecule has 7 nitrogen and oxygen atoms in total. The molecule has 0 radical (unpaired) electrons. The number of aliphatic carboxylic acids is 1. The minimum Gasteiger partial charge on any atom is -0.481 e. The number of amides is 1. The topological polar surface area (TPSA) is 87.2 Å². The van der Waals surface area contributed by atoms with Gasteiger partial charge in [0, 0.05) is 33.0 Å². The summed E-state index contributed by atoms with van der Waals surface area (Å²) in [6, 6.07) is 6.20. The maximum Gasteiger partial charge on any atom is 0.306 e. The summed E-state index contributed by atoms with van der Waals surface area (Å²) < 4.78 is 18.9. The minimum atomic E-state index is -0.987. The third-order valence-corrected chi connectivity index (χ3v) is 4.88. The van der Waals surface area contributed by atoms with Crippen LogP contribution in [0.25, 0.3) is 0 Å². The number of hydrogen-bond acceptors (Lipinski definition) is 5. The molecule has 2 atom stereocenters. The molecule has 2 rings (SSSR count). The molecule has 1 fully saturated rings. The Hall–Kier alpha value is -2.32. The molecule has 28 heavy (non-hydrogen) atoms. The maximum absolute atomic E-state index is 13.1. The lowest BCUT2D eigenvalue weighted by Gasteiger charge is -2.41. The summed E-state index contributed by atoms with van der Waals surface area (Å²) >= 11 is 0. The number of carboxylic acid groups (broad SMARTS) is 1. The average molecular weight is 394 g/mol. The number of carbonyl (C=O) groups excluding carboxylic acids is 2. The fourth-order valence-electron chi connectivity index (χ4n) is 3.37. The molecule has 1 N–H and O–H groups in total. The number of hydrogen-bond donors (Lipinski definition) is 1. The Kier molecular flexibility index (Phi) is 8.53. The van der Waals surface area contributed by atoms with Crippen molar-refractivity contribution in [2.24, 2.45) is 0 Å².